The molecule has 0 saturated heterocycles. The van der Waals surface area contributed by atoms with Crippen LogP contribution in [0.15, 0.2) is 22.7 Å². The molecule has 0 radical (unpaired) electrons. The molecule has 0 aliphatic rings. The molecule has 3 N–H and O–H groups in total. The lowest BCUT2D eigenvalue weighted by atomic mass is 10.0. The van der Waals surface area contributed by atoms with Crippen molar-refractivity contribution in [1.82, 2.24) is 25.7 Å². The quantitative estimate of drug-likeness (QED) is 0.301. The van der Waals surface area contributed by atoms with Crippen molar-refractivity contribution < 1.29 is 33.5 Å². The summed E-state index contributed by atoms with van der Waals surface area (Å²) in [6, 6.07) is 2.89. The van der Waals surface area contributed by atoms with Crippen LogP contribution in [-0.4, -0.2) is 83.0 Å². The Morgan fingerprint density at radius 2 is 1.82 bits per heavy atom. The van der Waals surface area contributed by atoms with E-state index in [1.54, 1.807) is 50.9 Å². The van der Waals surface area contributed by atoms with Gasteiger partial charge in [0.1, 0.15) is 11.8 Å². The monoisotopic (exact) mass is 545 g/mol. The Bertz CT molecular complexity index is 1160. The summed E-state index contributed by atoms with van der Waals surface area (Å²) in [6.07, 6.45) is -0.671. The third-order valence-electron chi connectivity index (χ3n) is 5.86. The zero-order valence-corrected chi connectivity index (χ0v) is 23.6. The van der Waals surface area contributed by atoms with Crippen LogP contribution in [0.1, 0.15) is 45.5 Å². The van der Waals surface area contributed by atoms with E-state index in [-0.39, 0.29) is 18.9 Å². The lowest BCUT2D eigenvalue weighted by molar-refractivity contribution is -0.141. The minimum Gasteiger partial charge on any atom is -0.496 e. The fourth-order valence-corrected chi connectivity index (χ4v) is 4.14. The number of carboxylic acids is 1. The Labute approximate surface area is 228 Å². The van der Waals surface area contributed by atoms with E-state index in [2.05, 4.69) is 20.8 Å². The van der Waals surface area contributed by atoms with Crippen molar-refractivity contribution in [3.05, 3.63) is 29.6 Å². The number of nitrogens with one attached hydrogen (secondary N) is 2. The van der Waals surface area contributed by atoms with Crippen LogP contribution in [0.5, 0.6) is 5.75 Å². The van der Waals surface area contributed by atoms with E-state index >= 15 is 0 Å². The smallest absolute Gasteiger partial charge is 0.305 e. The van der Waals surface area contributed by atoms with E-state index in [0.29, 0.717) is 41.1 Å². The molecule has 2 aromatic rings. The number of aryl methyl sites for hydroxylation is 1. The van der Waals surface area contributed by atoms with Gasteiger partial charge in [-0.2, -0.15) is 4.98 Å². The molecule has 2 amide bonds. The van der Waals surface area contributed by atoms with Gasteiger partial charge in [-0.25, -0.2) is 0 Å². The average molecular weight is 546 g/mol. The van der Waals surface area contributed by atoms with Crippen molar-refractivity contribution >= 4 is 23.6 Å². The van der Waals surface area contributed by atoms with Crippen LogP contribution in [-0.2, 0) is 25.6 Å². The van der Waals surface area contributed by atoms with Crippen LogP contribution in [0.2, 0.25) is 0 Å². The Morgan fingerprint density at radius 1 is 1.13 bits per heavy atom. The topological polar surface area (TPSA) is 164 Å². The van der Waals surface area contributed by atoms with E-state index in [0.717, 1.165) is 0 Å². The molecule has 0 aliphatic carbocycles. The van der Waals surface area contributed by atoms with Crippen LogP contribution in [0.4, 0.5) is 0 Å². The summed E-state index contributed by atoms with van der Waals surface area (Å²) in [5.41, 5.74) is 1.15. The molecular weight excluding hydrogens is 506 g/mol. The van der Waals surface area contributed by atoms with Crippen molar-refractivity contribution in [2.45, 2.75) is 59.5 Å². The molecule has 0 fully saturated rings. The lowest BCUT2D eigenvalue weighted by Gasteiger charge is -2.26. The number of benzene rings is 1. The van der Waals surface area contributed by atoms with Gasteiger partial charge < -0.3 is 25.0 Å². The highest BCUT2D eigenvalue weighted by Gasteiger charge is 2.30. The fraction of sp³-hybridized carbons (Fsp3) is 0.556. The Morgan fingerprint density at radius 3 is 2.36 bits per heavy atom. The highest BCUT2D eigenvalue weighted by Crippen LogP contribution is 2.26. The highest BCUT2D eigenvalue weighted by molar-refractivity contribution is 5.95. The van der Waals surface area contributed by atoms with Crippen molar-refractivity contribution in [2.75, 3.05) is 27.2 Å². The molecule has 2 rings (SSSR count). The maximum absolute atomic E-state index is 13.2. The molecule has 1 aromatic carbocycles. The second kappa shape index (κ2) is 14.4. The van der Waals surface area contributed by atoms with E-state index < -0.39 is 42.1 Å². The predicted molar refractivity (Wildman–Crippen MR) is 143 cm³/mol. The Balaban J connectivity index is 2.15. The molecule has 0 unspecified atom stereocenters. The summed E-state index contributed by atoms with van der Waals surface area (Å²) in [6.45, 7) is 9.82. The van der Waals surface area contributed by atoms with Crippen molar-refractivity contribution in [3.8, 4) is 17.2 Å². The van der Waals surface area contributed by atoms with Gasteiger partial charge in [-0.15, -0.1) is 0 Å². The number of rotatable bonds is 15. The number of hydrogen-bond donors (Lipinski definition) is 3. The number of nitrogens with zero attached hydrogens (tertiary/aromatic N) is 3. The Kier molecular flexibility index (Phi) is 11.6. The molecular formula is C27H39N5O7. The third kappa shape index (κ3) is 9.78. The van der Waals surface area contributed by atoms with Gasteiger partial charge >= 0.3 is 5.97 Å². The second-order valence-corrected chi connectivity index (χ2v) is 10.4. The van der Waals surface area contributed by atoms with Crippen LogP contribution in [0.25, 0.3) is 11.5 Å². The summed E-state index contributed by atoms with van der Waals surface area (Å²) < 4.78 is 10.6. The molecule has 12 nitrogen and oxygen atoms in total. The predicted octanol–water partition coefficient (Wildman–Crippen LogP) is 1.85. The zero-order valence-electron chi connectivity index (χ0n) is 23.6. The first-order valence-corrected chi connectivity index (χ1v) is 12.8. The molecule has 214 valence electrons. The maximum atomic E-state index is 13.2. The molecule has 0 saturated carbocycles. The minimum absolute atomic E-state index is 0.00911. The van der Waals surface area contributed by atoms with Gasteiger partial charge in [0, 0.05) is 17.7 Å². The van der Waals surface area contributed by atoms with Crippen molar-refractivity contribution in [2.24, 2.45) is 11.8 Å². The molecule has 0 spiro atoms. The minimum atomic E-state index is -1.22. The number of ketones is 1. The maximum Gasteiger partial charge on any atom is 0.305 e. The molecule has 2 atom stereocenters. The summed E-state index contributed by atoms with van der Waals surface area (Å²) >= 11 is 0. The number of likely N-dealkylation sites (N-methyl/N-ethyl adjacent to an activating group) is 1. The zero-order chi connectivity index (χ0) is 29.3. The largest absolute Gasteiger partial charge is 0.496 e. The number of amides is 2. The second-order valence-electron chi connectivity index (χ2n) is 10.4. The third-order valence-corrected chi connectivity index (χ3v) is 5.86. The number of carboxylic acid groups (broad SMARTS) is 1. The van der Waals surface area contributed by atoms with Gasteiger partial charge in [0.25, 0.3) is 5.89 Å². The SMILES string of the molecule is COc1ccc(-c2nc(C)no2)cc1CC(=O)N[C@H](C(=O)N[C@@H](CC(=O)O)C(=O)CN(C)CC(C)C)C(C)C. The molecule has 1 aromatic heterocycles. The number of Topliss-reactive ketones (excluding diaryl/α,β-unsaturated/α-hetero) is 1. The van der Waals surface area contributed by atoms with Crippen LogP contribution in [0.3, 0.4) is 0 Å². The van der Waals surface area contributed by atoms with E-state index in [9.17, 15) is 24.3 Å². The number of ether oxygens (including phenoxy) is 1. The number of aliphatic carboxylic acids is 1. The average Bonchev–Trinajstić information content (AvgIpc) is 3.27. The number of methoxy groups -OCH3 is 1. The van der Waals surface area contributed by atoms with Crippen LogP contribution in [0, 0.1) is 18.8 Å². The Hall–Kier alpha value is -3.80. The first kappa shape index (κ1) is 31.4. The van der Waals surface area contributed by atoms with Gasteiger partial charge in [0.15, 0.2) is 11.6 Å². The van der Waals surface area contributed by atoms with Gasteiger partial charge in [0.2, 0.25) is 11.8 Å². The standard InChI is InChI=1S/C27H39N5O7/c1-15(2)13-32(6)14-21(33)20(12-24(35)36)29-26(37)25(16(3)4)30-23(34)11-19-10-18(8-9-22(19)38-7)27-28-17(5)31-39-27/h8-10,15-16,20,25H,11-14H2,1-7H3,(H,29,37)(H,30,34)(H,35,36)/t20-,25-/m0/s1. The molecule has 1 heterocycles. The van der Waals surface area contributed by atoms with Gasteiger partial charge in [-0.05, 0) is 44.0 Å². The highest BCUT2D eigenvalue weighted by atomic mass is 16.5. The summed E-state index contributed by atoms with van der Waals surface area (Å²) in [7, 11) is 3.24. The summed E-state index contributed by atoms with van der Waals surface area (Å²) in [5.74, 6) is -1.52. The van der Waals surface area contributed by atoms with E-state index in [4.69, 9.17) is 9.26 Å². The number of carbonyl (C=O) groups is 4. The summed E-state index contributed by atoms with van der Waals surface area (Å²) in [5, 5.41) is 18.4. The number of hydrogen-bond acceptors (Lipinski definition) is 9. The molecule has 0 aliphatic heterocycles. The lowest BCUT2D eigenvalue weighted by Crippen LogP contribution is -2.55. The molecule has 12 heteroatoms. The molecule has 0 bridgehead atoms. The van der Waals surface area contributed by atoms with Crippen molar-refractivity contribution in [1.29, 1.82) is 0 Å². The molecule has 39 heavy (non-hydrogen) atoms. The van der Waals surface area contributed by atoms with Gasteiger partial charge in [-0.1, -0.05) is 32.9 Å². The van der Waals surface area contributed by atoms with E-state index in [1.165, 1.54) is 7.11 Å². The number of carbonyl (C=O) groups excluding carboxylic acids is 3. The normalized spacial score (nSPS) is 12.9. The first-order valence-electron chi connectivity index (χ1n) is 12.8. The van der Waals surface area contributed by atoms with Gasteiger partial charge in [-0.3, -0.25) is 24.1 Å². The van der Waals surface area contributed by atoms with Crippen molar-refractivity contribution in [3.63, 3.8) is 0 Å². The summed E-state index contributed by atoms with van der Waals surface area (Å²) in [4.78, 5) is 56.4. The van der Waals surface area contributed by atoms with Crippen LogP contribution >= 0.6 is 0 Å². The van der Waals surface area contributed by atoms with E-state index in [1.807, 2.05) is 13.8 Å². The first-order chi connectivity index (χ1) is 18.3. The van der Waals surface area contributed by atoms with Crippen LogP contribution < -0.4 is 15.4 Å². The van der Waals surface area contributed by atoms with Gasteiger partial charge in [0.05, 0.1) is 32.5 Å². The number of aromatic nitrogens is 2. The fourth-order valence-electron chi connectivity index (χ4n) is 4.14.